The van der Waals surface area contributed by atoms with Crippen molar-refractivity contribution in [2.45, 2.75) is 17.8 Å². The lowest BCUT2D eigenvalue weighted by Crippen LogP contribution is -2.21. The van der Waals surface area contributed by atoms with Gasteiger partial charge in [0.15, 0.2) is 16.7 Å². The number of aromatic nitrogens is 3. The zero-order valence-electron chi connectivity index (χ0n) is 19.5. The van der Waals surface area contributed by atoms with Gasteiger partial charge in [-0.1, -0.05) is 42.1 Å². The second-order valence-electron chi connectivity index (χ2n) is 7.77. The topological polar surface area (TPSA) is 79.4 Å². The Hall–Kier alpha value is -4.04. The van der Waals surface area contributed by atoms with Gasteiger partial charge in [-0.3, -0.25) is 9.36 Å². The van der Waals surface area contributed by atoms with Gasteiger partial charge in [0, 0.05) is 17.4 Å². The molecule has 8 heteroatoms. The Balaban J connectivity index is 1.57. The number of oxazole rings is 1. The second kappa shape index (κ2) is 9.68. The fraction of sp³-hybridized carbons (Fsp3) is 0.148. The smallest absolute Gasteiger partial charge is 0.266 e. The fourth-order valence-corrected chi connectivity index (χ4v) is 4.81. The quantitative estimate of drug-likeness (QED) is 0.217. The molecule has 0 aliphatic rings. The van der Waals surface area contributed by atoms with Crippen molar-refractivity contribution < 1.29 is 13.9 Å². The lowest BCUT2D eigenvalue weighted by atomic mass is 10.2. The normalized spacial score (nSPS) is 11.1. The van der Waals surface area contributed by atoms with Gasteiger partial charge in [-0.25, -0.2) is 9.97 Å². The number of hydrogen-bond donors (Lipinski definition) is 0. The fourth-order valence-electron chi connectivity index (χ4n) is 3.80. The summed E-state index contributed by atoms with van der Waals surface area (Å²) in [5, 5.41) is 1.08. The van der Waals surface area contributed by atoms with Gasteiger partial charge < -0.3 is 13.9 Å². The van der Waals surface area contributed by atoms with Crippen LogP contribution in [0.25, 0.3) is 28.0 Å². The molecule has 0 saturated carbocycles. The van der Waals surface area contributed by atoms with Crippen molar-refractivity contribution in [1.82, 2.24) is 14.5 Å². The van der Waals surface area contributed by atoms with E-state index >= 15 is 0 Å². The van der Waals surface area contributed by atoms with Crippen molar-refractivity contribution in [2.24, 2.45) is 0 Å². The van der Waals surface area contributed by atoms with E-state index in [4.69, 9.17) is 23.9 Å². The minimum Gasteiger partial charge on any atom is -0.493 e. The number of benzene rings is 3. The molecule has 5 aromatic rings. The van der Waals surface area contributed by atoms with Crippen LogP contribution in [0.1, 0.15) is 11.5 Å². The predicted molar refractivity (Wildman–Crippen MR) is 137 cm³/mol. The van der Waals surface area contributed by atoms with Crippen LogP contribution < -0.4 is 15.0 Å². The van der Waals surface area contributed by atoms with Gasteiger partial charge in [0.2, 0.25) is 5.89 Å². The summed E-state index contributed by atoms with van der Waals surface area (Å²) in [5.74, 6) is 2.90. The molecule has 0 amide bonds. The van der Waals surface area contributed by atoms with E-state index in [9.17, 15) is 4.79 Å². The maximum Gasteiger partial charge on any atom is 0.266 e. The molecule has 7 nitrogen and oxygen atoms in total. The first kappa shape index (κ1) is 22.7. The number of nitrogens with zero attached hydrogens (tertiary/aromatic N) is 3. The van der Waals surface area contributed by atoms with Crippen LogP contribution in [-0.4, -0.2) is 28.8 Å². The van der Waals surface area contributed by atoms with Crippen LogP contribution in [0.2, 0.25) is 0 Å². The summed E-state index contributed by atoms with van der Waals surface area (Å²) >= 11 is 1.43. The van der Waals surface area contributed by atoms with E-state index < -0.39 is 0 Å². The van der Waals surface area contributed by atoms with Gasteiger partial charge in [-0.05, 0) is 43.3 Å². The monoisotopic (exact) mass is 485 g/mol. The van der Waals surface area contributed by atoms with Crippen LogP contribution in [0, 0.1) is 6.92 Å². The highest BCUT2D eigenvalue weighted by molar-refractivity contribution is 7.98. The Labute approximate surface area is 206 Å². The van der Waals surface area contributed by atoms with Crippen LogP contribution >= 0.6 is 11.8 Å². The average Bonchev–Trinajstić information content (AvgIpc) is 3.28. The van der Waals surface area contributed by atoms with Gasteiger partial charge in [-0.2, -0.15) is 0 Å². The highest BCUT2D eigenvalue weighted by atomic mass is 32.2. The third-order valence-electron chi connectivity index (χ3n) is 5.62. The zero-order valence-corrected chi connectivity index (χ0v) is 20.3. The summed E-state index contributed by atoms with van der Waals surface area (Å²) in [4.78, 5) is 23.1. The molecule has 0 bridgehead atoms. The average molecular weight is 486 g/mol. The third kappa shape index (κ3) is 4.40. The minimum atomic E-state index is -0.160. The molecule has 176 valence electrons. The summed E-state index contributed by atoms with van der Waals surface area (Å²) in [6.45, 7) is 1.89. The number of fused-ring (bicyclic) bond motifs is 1. The van der Waals surface area contributed by atoms with Crippen LogP contribution in [0.5, 0.6) is 11.5 Å². The molecule has 0 aliphatic carbocycles. The Morgan fingerprint density at radius 2 is 1.66 bits per heavy atom. The number of methoxy groups -OCH3 is 2. The molecule has 0 saturated heterocycles. The van der Waals surface area contributed by atoms with Crippen molar-refractivity contribution in [1.29, 1.82) is 0 Å². The maximum absolute atomic E-state index is 13.6. The van der Waals surface area contributed by atoms with Crippen molar-refractivity contribution >= 4 is 22.7 Å². The first-order valence-corrected chi connectivity index (χ1v) is 12.0. The first-order chi connectivity index (χ1) is 17.1. The number of aryl methyl sites for hydroxylation is 1. The van der Waals surface area contributed by atoms with Gasteiger partial charge in [0.05, 0.1) is 36.5 Å². The summed E-state index contributed by atoms with van der Waals surface area (Å²) < 4.78 is 18.3. The molecule has 0 radical (unpaired) electrons. The van der Waals surface area contributed by atoms with E-state index in [1.165, 1.54) is 11.8 Å². The Morgan fingerprint density at radius 3 is 2.43 bits per heavy atom. The number of thioether (sulfide) groups is 1. The van der Waals surface area contributed by atoms with E-state index in [2.05, 4.69) is 0 Å². The zero-order chi connectivity index (χ0) is 24.4. The van der Waals surface area contributed by atoms with Crippen molar-refractivity contribution in [3.8, 4) is 28.6 Å². The summed E-state index contributed by atoms with van der Waals surface area (Å²) in [6, 6.07) is 22.5. The molecule has 0 atom stereocenters. The van der Waals surface area contributed by atoms with Gasteiger partial charge in [0.1, 0.15) is 5.76 Å². The van der Waals surface area contributed by atoms with E-state index in [1.54, 1.807) is 37.0 Å². The number of ether oxygens (including phenoxy) is 2. The molecule has 5 rings (SSSR count). The van der Waals surface area contributed by atoms with E-state index in [0.717, 1.165) is 17.0 Å². The third-order valence-corrected chi connectivity index (χ3v) is 6.57. The second-order valence-corrected chi connectivity index (χ2v) is 8.71. The molecule has 3 aromatic carbocycles. The van der Waals surface area contributed by atoms with E-state index in [0.29, 0.717) is 44.9 Å². The van der Waals surface area contributed by atoms with Crippen LogP contribution in [0.3, 0.4) is 0 Å². The Morgan fingerprint density at radius 1 is 0.914 bits per heavy atom. The lowest BCUT2D eigenvalue weighted by Gasteiger charge is -2.15. The van der Waals surface area contributed by atoms with Crippen molar-refractivity contribution in [3.63, 3.8) is 0 Å². The molecule has 0 fully saturated rings. The minimum absolute atomic E-state index is 0.160. The summed E-state index contributed by atoms with van der Waals surface area (Å²) in [6.07, 6.45) is 0. The van der Waals surface area contributed by atoms with E-state index in [1.807, 2.05) is 61.5 Å². The van der Waals surface area contributed by atoms with Gasteiger partial charge >= 0.3 is 0 Å². The largest absolute Gasteiger partial charge is 0.493 e. The van der Waals surface area contributed by atoms with Crippen LogP contribution in [0.4, 0.5) is 0 Å². The molecule has 0 aliphatic heterocycles. The number of para-hydroxylation sites is 1. The highest BCUT2D eigenvalue weighted by Crippen LogP contribution is 2.32. The standard InChI is InChI=1S/C27H23N3O4S/c1-17-22(28-25(34-17)18-9-5-4-6-10-18)16-35-27-29-21-12-8-7-11-20(21)26(31)30(27)19-13-14-23(32-2)24(15-19)33-3/h4-15H,16H2,1-3H3. The van der Waals surface area contributed by atoms with Crippen LogP contribution in [0.15, 0.2) is 87.2 Å². The summed E-state index contributed by atoms with van der Waals surface area (Å²) in [7, 11) is 3.14. The predicted octanol–water partition coefficient (Wildman–Crippen LogP) is 5.66. The number of rotatable bonds is 7. The SMILES string of the molecule is COc1ccc(-n2c(SCc3nc(-c4ccccc4)oc3C)nc3ccccc3c2=O)cc1OC. The Bertz CT molecular complexity index is 1560. The Kier molecular flexibility index (Phi) is 6.29. The molecule has 0 unspecified atom stereocenters. The lowest BCUT2D eigenvalue weighted by molar-refractivity contribution is 0.354. The molecular weight excluding hydrogens is 462 g/mol. The summed E-state index contributed by atoms with van der Waals surface area (Å²) in [5.41, 5.74) is 2.83. The number of hydrogen-bond acceptors (Lipinski definition) is 7. The highest BCUT2D eigenvalue weighted by Gasteiger charge is 2.18. The molecule has 2 aromatic heterocycles. The molecular formula is C27H23N3O4S. The van der Waals surface area contributed by atoms with Gasteiger partial charge in [-0.15, -0.1) is 0 Å². The molecule has 2 heterocycles. The van der Waals surface area contributed by atoms with Gasteiger partial charge in [0.25, 0.3) is 5.56 Å². The van der Waals surface area contributed by atoms with E-state index in [-0.39, 0.29) is 5.56 Å². The maximum atomic E-state index is 13.6. The van der Waals surface area contributed by atoms with Crippen molar-refractivity contribution in [2.75, 3.05) is 14.2 Å². The first-order valence-electron chi connectivity index (χ1n) is 11.0. The molecule has 0 N–H and O–H groups in total. The molecule has 0 spiro atoms. The molecule has 35 heavy (non-hydrogen) atoms. The van der Waals surface area contributed by atoms with Crippen molar-refractivity contribution in [3.05, 3.63) is 94.6 Å². The van der Waals surface area contributed by atoms with Crippen LogP contribution in [-0.2, 0) is 5.75 Å².